The van der Waals surface area contributed by atoms with E-state index in [0.29, 0.717) is 13.2 Å². The molecule has 0 spiro atoms. The molecule has 0 fully saturated rings. The number of nitrogens with one attached hydrogen (secondary N) is 2. The molecule has 0 aliphatic heterocycles. The number of hydrogen-bond donors (Lipinski definition) is 2. The molecule has 0 atom stereocenters. The Morgan fingerprint density at radius 2 is 2.19 bits per heavy atom. The van der Waals surface area contributed by atoms with E-state index in [1.807, 2.05) is 24.3 Å². The summed E-state index contributed by atoms with van der Waals surface area (Å²) in [7, 11) is 3.38. The molecule has 0 aliphatic carbocycles. The van der Waals surface area contributed by atoms with Crippen molar-refractivity contribution in [2.75, 3.05) is 26.0 Å². The highest BCUT2D eigenvalue weighted by Crippen LogP contribution is 2.10. The standard InChI is InChI=1S/C11H16N2O2.ClH/c1-12-7-11(14)13-10-5-3-4-9(6-10)8-15-2;/h3-6,12H,7-8H2,1-2H3,(H,13,14);1H. The Hall–Kier alpha value is -1.10. The van der Waals surface area contributed by atoms with Gasteiger partial charge in [0.25, 0.3) is 0 Å². The third-order valence-electron chi connectivity index (χ3n) is 1.86. The van der Waals surface area contributed by atoms with E-state index in [2.05, 4.69) is 10.6 Å². The van der Waals surface area contributed by atoms with Crippen LogP contribution in [0.4, 0.5) is 5.69 Å². The Morgan fingerprint density at radius 3 is 2.81 bits per heavy atom. The number of ether oxygens (including phenoxy) is 1. The SMILES string of the molecule is CNCC(=O)Nc1cccc(COC)c1.Cl. The number of amides is 1. The molecule has 0 heterocycles. The highest BCUT2D eigenvalue weighted by molar-refractivity contribution is 5.92. The van der Waals surface area contributed by atoms with Crippen molar-refractivity contribution in [3.8, 4) is 0 Å². The lowest BCUT2D eigenvalue weighted by molar-refractivity contribution is -0.115. The smallest absolute Gasteiger partial charge is 0.238 e. The molecule has 5 heteroatoms. The predicted octanol–water partition coefficient (Wildman–Crippen LogP) is 1.41. The summed E-state index contributed by atoms with van der Waals surface area (Å²) in [6.07, 6.45) is 0. The fourth-order valence-electron chi connectivity index (χ4n) is 1.27. The summed E-state index contributed by atoms with van der Waals surface area (Å²) in [5, 5.41) is 5.58. The zero-order valence-electron chi connectivity index (χ0n) is 9.45. The number of carbonyl (C=O) groups excluding carboxylic acids is 1. The van der Waals surface area contributed by atoms with Crippen molar-refractivity contribution in [1.82, 2.24) is 5.32 Å². The summed E-state index contributed by atoms with van der Waals surface area (Å²) >= 11 is 0. The molecule has 0 saturated carbocycles. The van der Waals surface area contributed by atoms with Crippen molar-refractivity contribution >= 4 is 24.0 Å². The molecule has 0 saturated heterocycles. The second-order valence-electron chi connectivity index (χ2n) is 3.21. The van der Waals surface area contributed by atoms with Gasteiger partial charge in [0, 0.05) is 12.8 Å². The first kappa shape index (κ1) is 14.9. The van der Waals surface area contributed by atoms with Gasteiger partial charge in [-0.05, 0) is 24.7 Å². The fraction of sp³-hybridized carbons (Fsp3) is 0.364. The van der Waals surface area contributed by atoms with Crippen molar-refractivity contribution in [2.24, 2.45) is 0 Å². The predicted molar refractivity (Wildman–Crippen MR) is 67.0 cm³/mol. The maximum absolute atomic E-state index is 11.3. The summed E-state index contributed by atoms with van der Waals surface area (Å²) in [5.74, 6) is -0.0490. The Labute approximate surface area is 102 Å². The number of likely N-dealkylation sites (N-methyl/N-ethyl adjacent to an activating group) is 1. The highest BCUT2D eigenvalue weighted by Gasteiger charge is 2.00. The number of hydrogen-bond acceptors (Lipinski definition) is 3. The number of anilines is 1. The normalized spacial score (nSPS) is 9.38. The Morgan fingerprint density at radius 1 is 1.44 bits per heavy atom. The van der Waals surface area contributed by atoms with E-state index in [0.717, 1.165) is 11.3 Å². The van der Waals surface area contributed by atoms with Crippen LogP contribution in [0.15, 0.2) is 24.3 Å². The van der Waals surface area contributed by atoms with Gasteiger partial charge >= 0.3 is 0 Å². The summed E-state index contributed by atoms with van der Waals surface area (Å²) in [5.41, 5.74) is 1.84. The van der Waals surface area contributed by atoms with Gasteiger partial charge in [0.1, 0.15) is 0 Å². The maximum atomic E-state index is 11.3. The maximum Gasteiger partial charge on any atom is 0.238 e. The average Bonchev–Trinajstić information content (AvgIpc) is 2.19. The van der Waals surface area contributed by atoms with E-state index in [1.165, 1.54) is 0 Å². The summed E-state index contributed by atoms with van der Waals surface area (Å²) in [6.45, 7) is 0.865. The lowest BCUT2D eigenvalue weighted by Crippen LogP contribution is -2.25. The monoisotopic (exact) mass is 244 g/mol. The van der Waals surface area contributed by atoms with E-state index in [9.17, 15) is 4.79 Å². The van der Waals surface area contributed by atoms with E-state index in [-0.39, 0.29) is 18.3 Å². The summed E-state index contributed by atoms with van der Waals surface area (Å²) in [6, 6.07) is 7.60. The second-order valence-corrected chi connectivity index (χ2v) is 3.21. The molecule has 1 aromatic rings. The molecule has 0 aliphatic rings. The van der Waals surface area contributed by atoms with Crippen LogP contribution in [0.3, 0.4) is 0 Å². The number of methoxy groups -OCH3 is 1. The van der Waals surface area contributed by atoms with Crippen LogP contribution >= 0.6 is 12.4 Å². The third-order valence-corrected chi connectivity index (χ3v) is 1.86. The van der Waals surface area contributed by atoms with Gasteiger partial charge < -0.3 is 15.4 Å². The molecular formula is C11H17ClN2O2. The van der Waals surface area contributed by atoms with Crippen molar-refractivity contribution in [3.05, 3.63) is 29.8 Å². The van der Waals surface area contributed by atoms with Crippen molar-refractivity contribution in [1.29, 1.82) is 0 Å². The average molecular weight is 245 g/mol. The fourth-order valence-corrected chi connectivity index (χ4v) is 1.27. The molecule has 2 N–H and O–H groups in total. The van der Waals surface area contributed by atoms with Gasteiger partial charge in [0.2, 0.25) is 5.91 Å². The van der Waals surface area contributed by atoms with E-state index < -0.39 is 0 Å². The van der Waals surface area contributed by atoms with E-state index in [1.54, 1.807) is 14.2 Å². The number of rotatable bonds is 5. The van der Waals surface area contributed by atoms with Crippen molar-refractivity contribution in [3.63, 3.8) is 0 Å². The molecule has 1 amide bonds. The minimum Gasteiger partial charge on any atom is -0.380 e. The summed E-state index contributed by atoms with van der Waals surface area (Å²) < 4.78 is 5.01. The van der Waals surface area contributed by atoms with Crippen molar-refractivity contribution in [2.45, 2.75) is 6.61 Å². The second kappa shape index (κ2) is 8.10. The van der Waals surface area contributed by atoms with Crippen LogP contribution in [0.2, 0.25) is 0 Å². The van der Waals surface area contributed by atoms with Crippen molar-refractivity contribution < 1.29 is 9.53 Å². The first-order valence-corrected chi connectivity index (χ1v) is 4.78. The number of carbonyl (C=O) groups is 1. The van der Waals surface area contributed by atoms with Gasteiger partial charge in [-0.15, -0.1) is 12.4 Å². The van der Waals surface area contributed by atoms with Gasteiger partial charge in [-0.25, -0.2) is 0 Å². The minimum absolute atomic E-state index is 0. The molecule has 90 valence electrons. The Balaban J connectivity index is 0.00000225. The zero-order chi connectivity index (χ0) is 11.1. The van der Waals surface area contributed by atoms with Crippen LogP contribution in [0.25, 0.3) is 0 Å². The molecule has 0 bridgehead atoms. The Bertz CT molecular complexity index is 332. The topological polar surface area (TPSA) is 50.4 Å². The molecular weight excluding hydrogens is 228 g/mol. The van der Waals surface area contributed by atoms with E-state index in [4.69, 9.17) is 4.74 Å². The van der Waals surface area contributed by atoms with Crippen LogP contribution in [0.1, 0.15) is 5.56 Å². The van der Waals surface area contributed by atoms with Crippen LogP contribution in [-0.4, -0.2) is 26.6 Å². The highest BCUT2D eigenvalue weighted by atomic mass is 35.5. The number of benzene rings is 1. The van der Waals surface area contributed by atoms with Crippen LogP contribution in [-0.2, 0) is 16.1 Å². The molecule has 1 aromatic carbocycles. The lowest BCUT2D eigenvalue weighted by atomic mass is 10.2. The summed E-state index contributed by atoms with van der Waals surface area (Å²) in [4.78, 5) is 11.3. The van der Waals surface area contributed by atoms with Gasteiger partial charge in [-0.1, -0.05) is 12.1 Å². The van der Waals surface area contributed by atoms with Crippen LogP contribution < -0.4 is 10.6 Å². The molecule has 0 radical (unpaired) electrons. The first-order chi connectivity index (χ1) is 7.26. The van der Waals surface area contributed by atoms with Gasteiger partial charge in [-0.3, -0.25) is 4.79 Å². The van der Waals surface area contributed by atoms with Gasteiger partial charge in [0.15, 0.2) is 0 Å². The lowest BCUT2D eigenvalue weighted by Gasteiger charge is -2.06. The minimum atomic E-state index is -0.0490. The molecule has 4 nitrogen and oxygen atoms in total. The third kappa shape index (κ3) is 5.11. The van der Waals surface area contributed by atoms with Crippen LogP contribution in [0.5, 0.6) is 0 Å². The van der Waals surface area contributed by atoms with Gasteiger partial charge in [-0.2, -0.15) is 0 Å². The zero-order valence-corrected chi connectivity index (χ0v) is 10.3. The first-order valence-electron chi connectivity index (χ1n) is 4.78. The largest absolute Gasteiger partial charge is 0.380 e. The van der Waals surface area contributed by atoms with Gasteiger partial charge in [0.05, 0.1) is 13.2 Å². The quantitative estimate of drug-likeness (QED) is 0.824. The van der Waals surface area contributed by atoms with E-state index >= 15 is 0 Å². The number of halogens is 1. The molecule has 0 aromatic heterocycles. The molecule has 0 unspecified atom stereocenters. The Kier molecular flexibility index (Phi) is 7.54. The molecule has 16 heavy (non-hydrogen) atoms. The molecule has 1 rings (SSSR count). The van der Waals surface area contributed by atoms with Crippen LogP contribution in [0, 0.1) is 0 Å².